The van der Waals surface area contributed by atoms with Crippen molar-refractivity contribution in [3.63, 3.8) is 0 Å². The molecule has 1 atom stereocenters. The molecule has 2 fully saturated rings. The number of likely N-dealkylation sites (tertiary alicyclic amines) is 1. The number of amides is 2. The minimum Gasteiger partial charge on any atom is -0.323 e. The lowest BCUT2D eigenvalue weighted by molar-refractivity contribution is 0.0802. The molecule has 166 valence electrons. The molecule has 4 rings (SSSR count). The van der Waals surface area contributed by atoms with Crippen LogP contribution in [0.5, 0.6) is 0 Å². The van der Waals surface area contributed by atoms with E-state index in [9.17, 15) is 4.79 Å². The Hall–Kier alpha value is -1.56. The van der Waals surface area contributed by atoms with Crippen LogP contribution >= 0.6 is 27.5 Å². The molecule has 2 aliphatic rings. The van der Waals surface area contributed by atoms with Crippen LogP contribution in [0.3, 0.4) is 0 Å². The summed E-state index contributed by atoms with van der Waals surface area (Å²) in [6.07, 6.45) is 4.50. The molecule has 0 saturated carbocycles. The van der Waals surface area contributed by atoms with E-state index in [0.717, 1.165) is 48.5 Å². The fourth-order valence-corrected chi connectivity index (χ4v) is 5.42. The lowest BCUT2D eigenvalue weighted by atomic mass is 9.90. The molecule has 2 aliphatic heterocycles. The quantitative estimate of drug-likeness (QED) is 0.506. The number of hydrogen-bond donors (Lipinski definition) is 0. The van der Waals surface area contributed by atoms with Crippen molar-refractivity contribution < 1.29 is 4.79 Å². The Kier molecular flexibility index (Phi) is 7.57. The highest BCUT2D eigenvalue weighted by molar-refractivity contribution is 9.10. The van der Waals surface area contributed by atoms with Crippen LogP contribution in [-0.4, -0.2) is 60.0 Å². The SMILES string of the molecule is CN1C(=O)N(Cc2ccccc2)CCC1CN1CCC(Cc2cc(Cl)ccc2Br)CC1. The van der Waals surface area contributed by atoms with Crippen LogP contribution in [0.25, 0.3) is 0 Å². The van der Waals surface area contributed by atoms with Crippen molar-refractivity contribution in [2.45, 2.75) is 38.3 Å². The normalized spacial score (nSPS) is 21.0. The fourth-order valence-electron chi connectivity index (χ4n) is 4.82. The number of benzene rings is 2. The van der Waals surface area contributed by atoms with Crippen molar-refractivity contribution in [2.75, 3.05) is 33.2 Å². The van der Waals surface area contributed by atoms with Gasteiger partial charge in [-0.1, -0.05) is 57.9 Å². The predicted octanol–water partition coefficient (Wildman–Crippen LogP) is 5.68. The van der Waals surface area contributed by atoms with E-state index in [-0.39, 0.29) is 6.03 Å². The molecule has 6 heteroatoms. The van der Waals surface area contributed by atoms with Gasteiger partial charge in [-0.15, -0.1) is 0 Å². The number of rotatable bonds is 6. The van der Waals surface area contributed by atoms with E-state index in [2.05, 4.69) is 39.0 Å². The van der Waals surface area contributed by atoms with Gasteiger partial charge in [-0.3, -0.25) is 0 Å². The molecule has 2 saturated heterocycles. The third-order valence-electron chi connectivity index (χ3n) is 6.76. The Morgan fingerprint density at radius 2 is 1.77 bits per heavy atom. The molecule has 2 aromatic rings. The largest absolute Gasteiger partial charge is 0.323 e. The van der Waals surface area contributed by atoms with E-state index in [1.807, 2.05) is 47.2 Å². The van der Waals surface area contributed by atoms with Crippen LogP contribution in [0.4, 0.5) is 4.79 Å². The van der Waals surface area contributed by atoms with Gasteiger partial charge < -0.3 is 14.7 Å². The summed E-state index contributed by atoms with van der Waals surface area (Å²) >= 11 is 9.84. The van der Waals surface area contributed by atoms with Crippen molar-refractivity contribution in [1.82, 2.24) is 14.7 Å². The number of likely N-dealkylation sites (N-methyl/N-ethyl adjacent to an activating group) is 1. The highest BCUT2D eigenvalue weighted by Crippen LogP contribution is 2.28. The third-order valence-corrected chi connectivity index (χ3v) is 7.77. The second kappa shape index (κ2) is 10.4. The first-order valence-corrected chi connectivity index (χ1v) is 12.4. The first-order chi connectivity index (χ1) is 15.0. The molecule has 2 aromatic carbocycles. The van der Waals surface area contributed by atoms with E-state index in [1.165, 1.54) is 24.0 Å². The van der Waals surface area contributed by atoms with Crippen LogP contribution in [0.1, 0.15) is 30.4 Å². The Morgan fingerprint density at radius 1 is 1.03 bits per heavy atom. The monoisotopic (exact) mass is 503 g/mol. The van der Waals surface area contributed by atoms with Crippen LogP contribution < -0.4 is 0 Å². The minimum atomic E-state index is 0.154. The van der Waals surface area contributed by atoms with Crippen molar-refractivity contribution in [3.8, 4) is 0 Å². The zero-order valence-electron chi connectivity index (χ0n) is 18.1. The average molecular weight is 505 g/mol. The summed E-state index contributed by atoms with van der Waals surface area (Å²) in [5.41, 5.74) is 2.50. The average Bonchev–Trinajstić information content (AvgIpc) is 2.78. The van der Waals surface area contributed by atoms with Gasteiger partial charge in [0.2, 0.25) is 0 Å². The van der Waals surface area contributed by atoms with Gasteiger partial charge in [0.15, 0.2) is 0 Å². The van der Waals surface area contributed by atoms with E-state index in [0.29, 0.717) is 18.5 Å². The topological polar surface area (TPSA) is 26.8 Å². The van der Waals surface area contributed by atoms with Crippen LogP contribution in [-0.2, 0) is 13.0 Å². The lowest BCUT2D eigenvalue weighted by Crippen LogP contribution is -2.56. The highest BCUT2D eigenvalue weighted by atomic mass is 79.9. The Balaban J connectivity index is 1.25. The first kappa shape index (κ1) is 22.6. The number of hydrogen-bond acceptors (Lipinski definition) is 2. The molecule has 0 N–H and O–H groups in total. The second-order valence-electron chi connectivity index (χ2n) is 8.93. The summed E-state index contributed by atoms with van der Waals surface area (Å²) in [6, 6.07) is 16.8. The summed E-state index contributed by atoms with van der Waals surface area (Å²) in [5, 5.41) is 0.807. The standard InChI is InChI=1S/C25H31BrClN3O/c1-28-23(11-14-30(25(28)31)17-20-5-3-2-4-6-20)18-29-12-9-19(10-13-29)15-21-16-22(27)7-8-24(21)26/h2-8,16,19,23H,9-15,17-18H2,1H3. The lowest BCUT2D eigenvalue weighted by Gasteiger charge is -2.42. The van der Waals surface area contributed by atoms with Gasteiger partial charge in [0, 0.05) is 42.2 Å². The maximum atomic E-state index is 12.9. The maximum Gasteiger partial charge on any atom is 0.320 e. The van der Waals surface area contributed by atoms with E-state index < -0.39 is 0 Å². The number of carbonyl (C=O) groups excluding carboxylic acids is 1. The van der Waals surface area contributed by atoms with Crippen LogP contribution in [0, 0.1) is 5.92 Å². The molecular weight excluding hydrogens is 474 g/mol. The molecule has 0 bridgehead atoms. The molecule has 1 unspecified atom stereocenters. The first-order valence-electron chi connectivity index (χ1n) is 11.2. The molecule has 31 heavy (non-hydrogen) atoms. The van der Waals surface area contributed by atoms with Crippen molar-refractivity contribution in [1.29, 1.82) is 0 Å². The minimum absolute atomic E-state index is 0.154. The molecule has 2 amide bonds. The number of urea groups is 1. The molecule has 0 aromatic heterocycles. The van der Waals surface area contributed by atoms with E-state index in [1.54, 1.807) is 0 Å². The summed E-state index contributed by atoms with van der Waals surface area (Å²) < 4.78 is 1.15. The number of piperidine rings is 1. The summed E-state index contributed by atoms with van der Waals surface area (Å²) in [5.74, 6) is 0.693. The van der Waals surface area contributed by atoms with E-state index >= 15 is 0 Å². The molecule has 2 heterocycles. The Morgan fingerprint density at radius 3 is 2.52 bits per heavy atom. The fraction of sp³-hybridized carbons (Fsp3) is 0.480. The maximum absolute atomic E-state index is 12.9. The summed E-state index contributed by atoms with van der Waals surface area (Å²) in [7, 11) is 1.97. The van der Waals surface area contributed by atoms with Gasteiger partial charge in [-0.2, -0.15) is 0 Å². The van der Waals surface area contributed by atoms with Gasteiger partial charge in [-0.25, -0.2) is 4.79 Å². The van der Waals surface area contributed by atoms with Crippen molar-refractivity contribution in [3.05, 3.63) is 69.2 Å². The van der Waals surface area contributed by atoms with Crippen molar-refractivity contribution >= 4 is 33.6 Å². The van der Waals surface area contributed by atoms with Gasteiger partial charge in [0.1, 0.15) is 0 Å². The smallest absolute Gasteiger partial charge is 0.320 e. The zero-order chi connectivity index (χ0) is 21.8. The van der Waals surface area contributed by atoms with E-state index in [4.69, 9.17) is 11.6 Å². The Bertz CT molecular complexity index is 886. The number of nitrogens with zero attached hydrogens (tertiary/aromatic N) is 3. The van der Waals surface area contributed by atoms with Gasteiger partial charge >= 0.3 is 6.03 Å². The second-order valence-corrected chi connectivity index (χ2v) is 10.2. The zero-order valence-corrected chi connectivity index (χ0v) is 20.5. The van der Waals surface area contributed by atoms with Gasteiger partial charge in [0.05, 0.1) is 0 Å². The highest BCUT2D eigenvalue weighted by Gasteiger charge is 2.32. The number of carbonyl (C=O) groups is 1. The van der Waals surface area contributed by atoms with Gasteiger partial charge in [-0.05, 0) is 74.0 Å². The molecule has 0 aliphatic carbocycles. The Labute approximate surface area is 199 Å². The molecular formula is C25H31BrClN3O. The van der Waals surface area contributed by atoms with Crippen molar-refractivity contribution in [2.24, 2.45) is 5.92 Å². The predicted molar refractivity (Wildman–Crippen MR) is 130 cm³/mol. The summed E-state index contributed by atoms with van der Waals surface area (Å²) in [4.78, 5) is 19.4. The molecule has 0 spiro atoms. The van der Waals surface area contributed by atoms with Gasteiger partial charge in [0.25, 0.3) is 0 Å². The summed E-state index contributed by atoms with van der Waals surface area (Å²) in [6.45, 7) is 4.72. The van der Waals surface area contributed by atoms with Crippen LogP contribution in [0.15, 0.2) is 53.0 Å². The third kappa shape index (κ3) is 5.82. The molecule has 0 radical (unpaired) electrons. The number of halogens is 2. The van der Waals surface area contributed by atoms with Crippen LogP contribution in [0.2, 0.25) is 5.02 Å². The molecule has 4 nitrogen and oxygen atoms in total.